The summed E-state index contributed by atoms with van der Waals surface area (Å²) in [6, 6.07) is 29.6. The van der Waals surface area contributed by atoms with Crippen LogP contribution < -0.4 is 0 Å². The average molecular weight is 829 g/mol. The fourth-order valence-corrected chi connectivity index (χ4v) is 7.27. The summed E-state index contributed by atoms with van der Waals surface area (Å²) in [6.07, 6.45) is 6.53. The molecular weight excluding hydrogens is 790 g/mol. The van der Waals surface area contributed by atoms with Crippen LogP contribution in [0.25, 0.3) is 72.9 Å². The first-order valence-corrected chi connectivity index (χ1v) is 19.4. The van der Waals surface area contributed by atoms with Gasteiger partial charge in [0.15, 0.2) is 6.29 Å². The van der Waals surface area contributed by atoms with Gasteiger partial charge in [-0.1, -0.05) is 30.9 Å². The van der Waals surface area contributed by atoms with Crippen LogP contribution >= 0.6 is 0 Å². The zero-order chi connectivity index (χ0) is 43.9. The zero-order valence-corrected chi connectivity index (χ0v) is 33.9. The lowest BCUT2D eigenvalue weighted by atomic mass is 9.96. The van der Waals surface area contributed by atoms with Crippen LogP contribution in [-0.2, 0) is 0 Å². The Labute approximate surface area is 355 Å². The second-order valence-electron chi connectivity index (χ2n) is 14.1. The molecule has 0 amide bonds. The number of aliphatic hydroxyl groups is 2. The number of hydrogen-bond donors (Lipinski definition) is 2. The number of fused-ring (bicyclic) bond motifs is 3. The molecule has 2 N–H and O–H groups in total. The maximum atomic E-state index is 13.5. The first kappa shape index (κ1) is 42.6. The smallest absolute Gasteiger partial charge is 0.151 e. The maximum Gasteiger partial charge on any atom is 0.151 e. The quantitative estimate of drug-likeness (QED) is 0.151. The Balaban J connectivity index is 0.000000140. The highest BCUT2D eigenvalue weighted by atomic mass is 19.1. The molecule has 9 nitrogen and oxygen atoms in total. The van der Waals surface area contributed by atoms with Crippen LogP contribution in [0.5, 0.6) is 0 Å². The van der Waals surface area contributed by atoms with Gasteiger partial charge in [0.05, 0.1) is 57.3 Å². The van der Waals surface area contributed by atoms with Gasteiger partial charge in [-0.2, -0.15) is 0 Å². The van der Waals surface area contributed by atoms with Gasteiger partial charge in [0.2, 0.25) is 0 Å². The summed E-state index contributed by atoms with van der Waals surface area (Å²) in [6.45, 7) is 9.06. The second kappa shape index (κ2) is 18.8. The third-order valence-electron chi connectivity index (χ3n) is 10.3. The summed E-state index contributed by atoms with van der Waals surface area (Å²) < 4.78 is 40.3. The van der Waals surface area contributed by atoms with Gasteiger partial charge in [0, 0.05) is 58.5 Å². The van der Waals surface area contributed by atoms with E-state index in [2.05, 4.69) is 36.5 Å². The third kappa shape index (κ3) is 8.83. The van der Waals surface area contributed by atoms with Crippen LogP contribution in [0.4, 0.5) is 13.2 Å². The molecule has 62 heavy (non-hydrogen) atoms. The molecule has 9 rings (SSSR count). The summed E-state index contributed by atoms with van der Waals surface area (Å²) in [4.78, 5) is 37.7. The number of aldehydes is 1. The first-order chi connectivity index (χ1) is 30.0. The van der Waals surface area contributed by atoms with E-state index in [0.29, 0.717) is 61.2 Å². The van der Waals surface area contributed by atoms with Crippen molar-refractivity contribution in [2.24, 2.45) is 0 Å². The van der Waals surface area contributed by atoms with Gasteiger partial charge in [0.1, 0.15) is 23.6 Å². The molecule has 0 aliphatic heterocycles. The molecule has 0 aliphatic carbocycles. The molecule has 1 unspecified atom stereocenters. The van der Waals surface area contributed by atoms with Gasteiger partial charge in [-0.15, -0.1) is 0 Å². The summed E-state index contributed by atoms with van der Waals surface area (Å²) in [5.41, 5.74) is 10.0. The SMILES string of the molecule is C=Cc1c(C)c(-c2ccccn2)nc2cc(F)ccc12.Cc1c(-c2ccccn2)nc2cc(F)ccc2c1C(O)CO.Cc1c(-c2ccccn2)nc2cc(F)ccc2c1C=O. The van der Waals surface area contributed by atoms with E-state index < -0.39 is 18.5 Å². The van der Waals surface area contributed by atoms with Crippen molar-refractivity contribution in [2.45, 2.75) is 26.9 Å². The average Bonchev–Trinajstić information content (AvgIpc) is 3.29. The molecular formula is C50H39F3N6O3. The van der Waals surface area contributed by atoms with Crippen molar-refractivity contribution >= 4 is 45.1 Å². The Hall–Kier alpha value is -7.54. The van der Waals surface area contributed by atoms with E-state index in [1.165, 1.54) is 36.4 Å². The molecule has 0 aliphatic rings. The summed E-state index contributed by atoms with van der Waals surface area (Å²) in [5.74, 6) is -1.08. The lowest BCUT2D eigenvalue weighted by Crippen LogP contribution is -2.08. The Morgan fingerprint density at radius 3 is 1.34 bits per heavy atom. The number of nitrogens with zero attached hydrogens (tertiary/aromatic N) is 6. The number of carbonyl (C=O) groups is 1. The lowest BCUT2D eigenvalue weighted by Gasteiger charge is -2.17. The predicted octanol–water partition coefficient (Wildman–Crippen LogP) is 10.7. The highest BCUT2D eigenvalue weighted by Crippen LogP contribution is 2.34. The van der Waals surface area contributed by atoms with Gasteiger partial charge < -0.3 is 10.2 Å². The number of pyridine rings is 6. The Morgan fingerprint density at radius 2 is 0.952 bits per heavy atom. The largest absolute Gasteiger partial charge is 0.393 e. The monoisotopic (exact) mass is 828 g/mol. The van der Waals surface area contributed by atoms with E-state index in [1.807, 2.05) is 57.2 Å². The van der Waals surface area contributed by atoms with Crippen molar-refractivity contribution in [1.29, 1.82) is 0 Å². The number of aromatic nitrogens is 6. The molecule has 0 bridgehead atoms. The van der Waals surface area contributed by atoms with E-state index in [1.54, 1.807) is 61.1 Å². The standard InChI is InChI=1S/C17H15FN2O2.C17H13FN2.C16H11FN2O/c1-10-16(15(22)9-21)12-6-5-11(18)8-14(12)20-17(10)13-4-2-3-7-19-13;1-3-13-11(2)17(15-6-4-5-9-19-15)20-16-10-12(18)7-8-14(13)16;1-10-13(9-20)12-6-5-11(17)8-15(12)19-16(10)14-4-2-3-7-18-14/h2-8,15,21-22H,9H2,1H3;3-10H,1H2,2H3;2-9H,1H3. The molecule has 3 aromatic carbocycles. The Kier molecular flexibility index (Phi) is 12.9. The minimum atomic E-state index is -1.06. The second-order valence-corrected chi connectivity index (χ2v) is 14.1. The zero-order valence-electron chi connectivity index (χ0n) is 33.9. The van der Waals surface area contributed by atoms with Crippen LogP contribution in [0.3, 0.4) is 0 Å². The fourth-order valence-electron chi connectivity index (χ4n) is 7.27. The van der Waals surface area contributed by atoms with Gasteiger partial charge in [-0.05, 0) is 121 Å². The topological polar surface area (TPSA) is 135 Å². The minimum Gasteiger partial charge on any atom is -0.393 e. The number of hydrogen-bond acceptors (Lipinski definition) is 9. The van der Waals surface area contributed by atoms with Gasteiger partial charge in [0.25, 0.3) is 0 Å². The van der Waals surface area contributed by atoms with E-state index in [0.717, 1.165) is 45.3 Å². The van der Waals surface area contributed by atoms with Crippen LogP contribution in [0.15, 0.2) is 134 Å². The highest BCUT2D eigenvalue weighted by molar-refractivity contribution is 6.00. The van der Waals surface area contributed by atoms with Crippen LogP contribution in [0.2, 0.25) is 0 Å². The van der Waals surface area contributed by atoms with Crippen molar-refractivity contribution < 1.29 is 28.2 Å². The molecule has 6 aromatic heterocycles. The van der Waals surface area contributed by atoms with Gasteiger partial charge in [-0.3, -0.25) is 19.7 Å². The van der Waals surface area contributed by atoms with E-state index in [-0.39, 0.29) is 11.6 Å². The normalized spacial score (nSPS) is 11.4. The molecule has 6 heterocycles. The van der Waals surface area contributed by atoms with Crippen LogP contribution in [0, 0.1) is 38.2 Å². The van der Waals surface area contributed by atoms with Gasteiger partial charge in [-0.25, -0.2) is 28.1 Å². The van der Waals surface area contributed by atoms with E-state index in [4.69, 9.17) is 0 Å². The Bertz CT molecular complexity index is 2940. The van der Waals surface area contributed by atoms with Gasteiger partial charge >= 0.3 is 0 Å². The van der Waals surface area contributed by atoms with E-state index in [9.17, 15) is 28.2 Å². The van der Waals surface area contributed by atoms with E-state index >= 15 is 0 Å². The number of rotatable bonds is 7. The summed E-state index contributed by atoms with van der Waals surface area (Å²) in [5, 5.41) is 21.7. The molecule has 0 saturated carbocycles. The number of benzene rings is 3. The predicted molar refractivity (Wildman–Crippen MR) is 237 cm³/mol. The number of carbonyl (C=O) groups excluding carboxylic acids is 1. The van der Waals surface area contributed by atoms with Crippen molar-refractivity contribution in [1.82, 2.24) is 29.9 Å². The summed E-state index contributed by atoms with van der Waals surface area (Å²) >= 11 is 0. The van der Waals surface area contributed by atoms with Crippen LogP contribution in [-0.4, -0.2) is 53.0 Å². The molecule has 0 saturated heterocycles. The molecule has 308 valence electrons. The molecule has 1 atom stereocenters. The van der Waals surface area contributed by atoms with Crippen molar-refractivity contribution in [2.75, 3.05) is 6.61 Å². The maximum absolute atomic E-state index is 13.5. The highest BCUT2D eigenvalue weighted by Gasteiger charge is 2.20. The third-order valence-corrected chi connectivity index (χ3v) is 10.3. The molecule has 0 radical (unpaired) electrons. The molecule has 0 fully saturated rings. The van der Waals surface area contributed by atoms with Crippen molar-refractivity contribution in [3.8, 4) is 34.2 Å². The fraction of sp³-hybridized carbons (Fsp3) is 0.100. The first-order valence-electron chi connectivity index (χ1n) is 19.4. The number of halogens is 3. The minimum absolute atomic E-state index is 0.296. The molecule has 9 aromatic rings. The van der Waals surface area contributed by atoms with Crippen LogP contribution in [0.1, 0.15) is 44.3 Å². The summed E-state index contributed by atoms with van der Waals surface area (Å²) in [7, 11) is 0. The Morgan fingerprint density at radius 1 is 0.565 bits per heavy atom. The lowest BCUT2D eigenvalue weighted by molar-refractivity contribution is 0.0962. The molecule has 0 spiro atoms. The molecule has 12 heteroatoms. The van der Waals surface area contributed by atoms with Crippen molar-refractivity contribution in [3.63, 3.8) is 0 Å². The number of aliphatic hydroxyl groups excluding tert-OH is 2. The van der Waals surface area contributed by atoms with Crippen molar-refractivity contribution in [3.05, 3.63) is 185 Å².